The van der Waals surface area contributed by atoms with E-state index in [-0.39, 0.29) is 43.8 Å². The van der Waals surface area contributed by atoms with Gasteiger partial charge in [0, 0.05) is 37.0 Å². The van der Waals surface area contributed by atoms with Gasteiger partial charge in [0.2, 0.25) is 21.8 Å². The lowest BCUT2D eigenvalue weighted by atomic mass is 9.94. The molecular formula is C34H40Cl3N3O4S. The van der Waals surface area contributed by atoms with E-state index in [1.165, 1.54) is 4.31 Å². The van der Waals surface area contributed by atoms with Crippen LogP contribution in [0.2, 0.25) is 15.1 Å². The molecule has 0 radical (unpaired) electrons. The molecule has 1 aliphatic carbocycles. The number of aryl methyl sites for hydroxylation is 1. The lowest BCUT2D eigenvalue weighted by molar-refractivity contribution is -0.141. The summed E-state index contributed by atoms with van der Waals surface area (Å²) in [7, 11) is -3.66. The highest BCUT2D eigenvalue weighted by atomic mass is 35.5. The van der Waals surface area contributed by atoms with Crippen molar-refractivity contribution in [3.8, 4) is 0 Å². The topological polar surface area (TPSA) is 86.8 Å². The maximum Gasteiger partial charge on any atom is 0.243 e. The first kappa shape index (κ1) is 35.1. The van der Waals surface area contributed by atoms with Crippen LogP contribution in [0.25, 0.3) is 0 Å². The molecule has 1 fully saturated rings. The van der Waals surface area contributed by atoms with Crippen LogP contribution in [0.5, 0.6) is 0 Å². The third-order valence-corrected chi connectivity index (χ3v) is 10.3. The van der Waals surface area contributed by atoms with Gasteiger partial charge in [0.25, 0.3) is 0 Å². The number of hydrogen-bond donors (Lipinski definition) is 1. The predicted molar refractivity (Wildman–Crippen MR) is 184 cm³/mol. The first-order valence-corrected chi connectivity index (χ1v) is 18.2. The van der Waals surface area contributed by atoms with Crippen molar-refractivity contribution in [3.63, 3.8) is 0 Å². The largest absolute Gasteiger partial charge is 0.352 e. The van der Waals surface area contributed by atoms with Crippen LogP contribution in [0.4, 0.5) is 5.69 Å². The van der Waals surface area contributed by atoms with E-state index in [0.29, 0.717) is 27.2 Å². The van der Waals surface area contributed by atoms with Gasteiger partial charge in [0.15, 0.2) is 0 Å². The van der Waals surface area contributed by atoms with Crippen LogP contribution in [0.15, 0.2) is 66.7 Å². The molecule has 4 rings (SSSR count). The molecule has 0 saturated heterocycles. The molecular weight excluding hydrogens is 653 g/mol. The summed E-state index contributed by atoms with van der Waals surface area (Å²) in [4.78, 5) is 29.7. The summed E-state index contributed by atoms with van der Waals surface area (Å²) in [6.45, 7) is 2.02. The molecule has 7 nitrogen and oxygen atoms in total. The van der Waals surface area contributed by atoms with Crippen molar-refractivity contribution in [2.24, 2.45) is 0 Å². The lowest BCUT2D eigenvalue weighted by Gasteiger charge is -2.34. The van der Waals surface area contributed by atoms with E-state index in [0.717, 1.165) is 55.1 Å². The quantitative estimate of drug-likeness (QED) is 0.200. The van der Waals surface area contributed by atoms with Gasteiger partial charge in [-0.05, 0) is 67.1 Å². The Morgan fingerprint density at radius 3 is 2.29 bits per heavy atom. The Hall–Kier alpha value is -2.78. The summed E-state index contributed by atoms with van der Waals surface area (Å²) < 4.78 is 26.9. The van der Waals surface area contributed by atoms with Gasteiger partial charge in [-0.2, -0.15) is 0 Å². The van der Waals surface area contributed by atoms with Crippen molar-refractivity contribution in [1.82, 2.24) is 10.2 Å². The fourth-order valence-electron chi connectivity index (χ4n) is 5.77. The molecule has 242 valence electrons. The third kappa shape index (κ3) is 10.1. The van der Waals surface area contributed by atoms with Crippen molar-refractivity contribution in [2.45, 2.75) is 76.9 Å². The maximum atomic E-state index is 14.1. The van der Waals surface area contributed by atoms with Crippen LogP contribution < -0.4 is 9.62 Å². The van der Waals surface area contributed by atoms with Crippen molar-refractivity contribution in [3.05, 3.63) is 98.5 Å². The van der Waals surface area contributed by atoms with Gasteiger partial charge >= 0.3 is 0 Å². The minimum absolute atomic E-state index is 0.0228. The van der Waals surface area contributed by atoms with Gasteiger partial charge in [-0.1, -0.05) is 96.5 Å². The molecule has 1 N–H and O–H groups in total. The Kier molecular flexibility index (Phi) is 12.6. The number of nitrogens with one attached hydrogen (secondary N) is 1. The van der Waals surface area contributed by atoms with E-state index < -0.39 is 16.1 Å². The molecule has 3 aromatic carbocycles. The van der Waals surface area contributed by atoms with Gasteiger partial charge in [-0.15, -0.1) is 0 Å². The molecule has 3 aromatic rings. The molecule has 1 saturated carbocycles. The standard InChI is InChI=1S/C34H40Cl3N3O4S/c1-24-15-17-27(35)22-31(24)40(45(2,43)44)19-9-14-33(41)39(23-26-16-18-29(36)30(37)20-26)32(21-25-10-5-3-6-11-25)34(42)38-28-12-7-4-8-13-28/h3,5-6,10-11,15-18,20,22,28,32H,4,7-9,12-14,19,21,23H2,1-2H3,(H,38,42). The van der Waals surface area contributed by atoms with Gasteiger partial charge in [0.1, 0.15) is 6.04 Å². The first-order chi connectivity index (χ1) is 21.4. The first-order valence-electron chi connectivity index (χ1n) is 15.2. The zero-order valence-corrected chi connectivity index (χ0v) is 28.7. The number of benzene rings is 3. The molecule has 1 atom stereocenters. The van der Waals surface area contributed by atoms with Gasteiger partial charge in [-0.3, -0.25) is 13.9 Å². The monoisotopic (exact) mass is 691 g/mol. The Labute approximate surface area is 281 Å². The Morgan fingerprint density at radius 1 is 0.911 bits per heavy atom. The van der Waals surface area contributed by atoms with Crippen molar-refractivity contribution in [2.75, 3.05) is 17.1 Å². The third-order valence-electron chi connectivity index (χ3n) is 8.15. The lowest BCUT2D eigenvalue weighted by Crippen LogP contribution is -2.53. The van der Waals surface area contributed by atoms with E-state index in [2.05, 4.69) is 5.32 Å². The number of hydrogen-bond acceptors (Lipinski definition) is 4. The summed E-state index contributed by atoms with van der Waals surface area (Å²) in [6.07, 6.45) is 6.81. The second-order valence-electron chi connectivity index (χ2n) is 11.7. The number of halogens is 3. The Bertz CT molecular complexity index is 1580. The Morgan fingerprint density at radius 2 is 1.62 bits per heavy atom. The summed E-state index contributed by atoms with van der Waals surface area (Å²) in [6, 6.07) is 19.1. The number of amides is 2. The van der Waals surface area contributed by atoms with Crippen molar-refractivity contribution in [1.29, 1.82) is 0 Å². The summed E-state index contributed by atoms with van der Waals surface area (Å²) in [5, 5.41) is 4.40. The van der Waals surface area contributed by atoms with Crippen LogP contribution in [0, 0.1) is 6.92 Å². The number of carbonyl (C=O) groups is 2. The number of rotatable bonds is 13. The summed E-state index contributed by atoms with van der Waals surface area (Å²) in [5.41, 5.74) is 2.88. The average Bonchev–Trinajstić information content (AvgIpc) is 3.00. The van der Waals surface area contributed by atoms with Gasteiger partial charge in [-0.25, -0.2) is 8.42 Å². The minimum Gasteiger partial charge on any atom is -0.352 e. The molecule has 2 amide bonds. The average molecular weight is 693 g/mol. The van der Waals surface area contributed by atoms with Crippen molar-refractivity contribution < 1.29 is 18.0 Å². The summed E-state index contributed by atoms with van der Waals surface area (Å²) >= 11 is 18.7. The molecule has 0 heterocycles. The normalized spacial score (nSPS) is 14.5. The van der Waals surface area contributed by atoms with Crippen LogP contribution in [0.1, 0.15) is 61.6 Å². The Balaban J connectivity index is 1.62. The van der Waals surface area contributed by atoms with E-state index in [1.807, 2.05) is 37.3 Å². The summed E-state index contributed by atoms with van der Waals surface area (Å²) in [5.74, 6) is -0.469. The molecule has 0 bridgehead atoms. The molecule has 0 aromatic heterocycles. The number of sulfonamides is 1. The molecule has 0 aliphatic heterocycles. The second-order valence-corrected chi connectivity index (χ2v) is 14.8. The molecule has 1 aliphatic rings. The molecule has 45 heavy (non-hydrogen) atoms. The number of carbonyl (C=O) groups excluding carboxylic acids is 2. The van der Waals surface area contributed by atoms with Crippen LogP contribution >= 0.6 is 34.8 Å². The van der Waals surface area contributed by atoms with Crippen LogP contribution in [0.3, 0.4) is 0 Å². The van der Waals surface area contributed by atoms with Gasteiger partial charge < -0.3 is 10.2 Å². The van der Waals surface area contributed by atoms with Gasteiger partial charge in [0.05, 0.1) is 22.0 Å². The fourth-order valence-corrected chi connectivity index (χ4v) is 7.27. The highest BCUT2D eigenvalue weighted by Gasteiger charge is 2.32. The van der Waals surface area contributed by atoms with Crippen LogP contribution in [-0.4, -0.2) is 50.0 Å². The van der Waals surface area contributed by atoms with E-state index >= 15 is 0 Å². The molecule has 0 spiro atoms. The SMILES string of the molecule is Cc1ccc(Cl)cc1N(CCCC(=O)N(Cc1ccc(Cl)c(Cl)c1)C(Cc1ccccc1)C(=O)NC1CCCCC1)S(C)(=O)=O. The molecule has 1 unspecified atom stereocenters. The van der Waals surface area contributed by atoms with Crippen LogP contribution in [-0.2, 0) is 32.6 Å². The van der Waals surface area contributed by atoms with E-state index in [9.17, 15) is 18.0 Å². The second kappa shape index (κ2) is 16.2. The molecule has 11 heteroatoms. The highest BCUT2D eigenvalue weighted by molar-refractivity contribution is 7.92. The highest BCUT2D eigenvalue weighted by Crippen LogP contribution is 2.28. The van der Waals surface area contributed by atoms with E-state index in [1.54, 1.807) is 41.3 Å². The maximum absolute atomic E-state index is 14.1. The zero-order valence-electron chi connectivity index (χ0n) is 25.6. The number of nitrogens with zero attached hydrogens (tertiary/aromatic N) is 2. The zero-order chi connectivity index (χ0) is 32.6. The van der Waals surface area contributed by atoms with Crippen molar-refractivity contribution >= 4 is 62.3 Å². The fraction of sp³-hybridized carbons (Fsp3) is 0.412. The number of anilines is 1. The predicted octanol–water partition coefficient (Wildman–Crippen LogP) is 7.59. The smallest absolute Gasteiger partial charge is 0.243 e. The minimum atomic E-state index is -3.66. The van der Waals surface area contributed by atoms with E-state index in [4.69, 9.17) is 34.8 Å².